The van der Waals surface area contributed by atoms with Gasteiger partial charge in [-0.05, 0) is 36.8 Å². The Morgan fingerprint density at radius 2 is 2.37 bits per heavy atom. The molecule has 1 aliphatic carbocycles. The fourth-order valence-electron chi connectivity index (χ4n) is 2.42. The van der Waals surface area contributed by atoms with Crippen LogP contribution in [0.3, 0.4) is 0 Å². The number of carbonyl (C=O) groups is 1. The van der Waals surface area contributed by atoms with E-state index in [9.17, 15) is 4.79 Å². The Balaban J connectivity index is 2.20. The summed E-state index contributed by atoms with van der Waals surface area (Å²) in [6, 6.07) is 0. The monoisotopic (exact) mass is 262 g/mol. The maximum atomic E-state index is 11.6. The van der Waals surface area contributed by atoms with Crippen LogP contribution in [0.4, 0.5) is 0 Å². The highest BCUT2D eigenvalue weighted by Gasteiger charge is 2.21. The third kappa shape index (κ3) is 4.06. The van der Waals surface area contributed by atoms with E-state index in [1.807, 2.05) is 6.92 Å². The van der Waals surface area contributed by atoms with E-state index >= 15 is 0 Å². The molecule has 1 heterocycles. The van der Waals surface area contributed by atoms with E-state index < -0.39 is 0 Å². The summed E-state index contributed by atoms with van der Waals surface area (Å²) in [5, 5.41) is 0. The number of fused-ring (bicyclic) bond motifs is 1. The summed E-state index contributed by atoms with van der Waals surface area (Å²) in [6.07, 6.45) is 10.2. The van der Waals surface area contributed by atoms with Gasteiger partial charge in [-0.25, -0.2) is 4.79 Å². The van der Waals surface area contributed by atoms with Crippen molar-refractivity contribution >= 4 is 5.97 Å². The van der Waals surface area contributed by atoms with E-state index in [4.69, 9.17) is 9.47 Å². The summed E-state index contributed by atoms with van der Waals surface area (Å²) in [7, 11) is 0. The third-order valence-corrected chi connectivity index (χ3v) is 3.56. The van der Waals surface area contributed by atoms with Crippen LogP contribution in [-0.2, 0) is 14.3 Å². The van der Waals surface area contributed by atoms with Crippen molar-refractivity contribution in [2.24, 2.45) is 11.8 Å². The SMILES string of the molecule is CCOC(=O)/C=C1/C=C2/COC[C@@H]2C=C[C@H](C)CC1. The second-order valence-electron chi connectivity index (χ2n) is 5.21. The van der Waals surface area contributed by atoms with Crippen molar-refractivity contribution in [3.63, 3.8) is 0 Å². The molecule has 1 aliphatic heterocycles. The van der Waals surface area contributed by atoms with Crippen LogP contribution in [0.25, 0.3) is 0 Å². The summed E-state index contributed by atoms with van der Waals surface area (Å²) in [6.45, 7) is 5.87. The molecule has 1 saturated heterocycles. The van der Waals surface area contributed by atoms with E-state index in [1.54, 1.807) is 6.08 Å². The molecule has 2 rings (SSSR count). The summed E-state index contributed by atoms with van der Waals surface area (Å²) in [5.74, 6) is 0.648. The minimum atomic E-state index is -0.246. The first-order valence-corrected chi connectivity index (χ1v) is 7.03. The van der Waals surface area contributed by atoms with Gasteiger partial charge in [0.1, 0.15) is 0 Å². The Morgan fingerprint density at radius 3 is 3.16 bits per heavy atom. The Morgan fingerprint density at radius 1 is 1.53 bits per heavy atom. The fourth-order valence-corrected chi connectivity index (χ4v) is 2.42. The van der Waals surface area contributed by atoms with E-state index in [-0.39, 0.29) is 5.97 Å². The zero-order chi connectivity index (χ0) is 13.7. The largest absolute Gasteiger partial charge is 0.463 e. The van der Waals surface area contributed by atoms with Gasteiger partial charge in [0.15, 0.2) is 0 Å². The van der Waals surface area contributed by atoms with Gasteiger partial charge >= 0.3 is 5.97 Å². The lowest BCUT2D eigenvalue weighted by Gasteiger charge is -2.06. The van der Waals surface area contributed by atoms with Gasteiger partial charge in [0.25, 0.3) is 0 Å². The topological polar surface area (TPSA) is 35.5 Å². The van der Waals surface area contributed by atoms with Gasteiger partial charge in [-0.2, -0.15) is 0 Å². The number of ether oxygens (including phenoxy) is 2. The Hall–Kier alpha value is -1.35. The van der Waals surface area contributed by atoms with Gasteiger partial charge < -0.3 is 9.47 Å². The standard InChI is InChI=1S/C16H22O3/c1-3-19-16(17)9-13-6-4-12(2)5-7-14-10-18-11-15(14)8-13/h5,7-9,12,14H,3-4,6,10-11H2,1-2H3/b7-5?,13-9+,15-8-/t12-,14+/m1/s1. The number of hydrogen-bond acceptors (Lipinski definition) is 3. The molecule has 0 bridgehead atoms. The summed E-state index contributed by atoms with van der Waals surface area (Å²) in [4.78, 5) is 11.6. The molecule has 0 aromatic carbocycles. The maximum Gasteiger partial charge on any atom is 0.331 e. The van der Waals surface area contributed by atoms with Gasteiger partial charge in [-0.1, -0.05) is 25.2 Å². The first kappa shape index (κ1) is 14.1. The quantitative estimate of drug-likeness (QED) is 0.436. The zero-order valence-corrected chi connectivity index (χ0v) is 11.7. The Kier molecular flexibility index (Phi) is 4.97. The lowest BCUT2D eigenvalue weighted by Crippen LogP contribution is -2.02. The highest BCUT2D eigenvalue weighted by Crippen LogP contribution is 2.27. The van der Waals surface area contributed by atoms with Crippen LogP contribution in [-0.4, -0.2) is 25.8 Å². The molecule has 0 aromatic rings. The molecule has 1 fully saturated rings. The van der Waals surface area contributed by atoms with E-state index in [0.29, 0.717) is 25.0 Å². The lowest BCUT2D eigenvalue weighted by atomic mass is 9.99. The predicted octanol–water partition coefficient (Wildman–Crippen LogP) is 3.03. The van der Waals surface area contributed by atoms with Crippen LogP contribution in [0.1, 0.15) is 26.7 Å². The molecule has 0 unspecified atom stereocenters. The summed E-state index contributed by atoms with van der Waals surface area (Å²) in [5.41, 5.74) is 2.32. The average molecular weight is 262 g/mol. The van der Waals surface area contributed by atoms with Crippen molar-refractivity contribution in [3.8, 4) is 0 Å². The van der Waals surface area contributed by atoms with E-state index in [0.717, 1.165) is 25.0 Å². The van der Waals surface area contributed by atoms with Crippen molar-refractivity contribution in [3.05, 3.63) is 35.5 Å². The van der Waals surface area contributed by atoms with Crippen LogP contribution < -0.4 is 0 Å². The fraction of sp³-hybridized carbons (Fsp3) is 0.562. The molecular formula is C16H22O3. The van der Waals surface area contributed by atoms with Crippen LogP contribution in [0.2, 0.25) is 0 Å². The molecule has 0 amide bonds. The number of allylic oxidation sites excluding steroid dienone is 3. The smallest absolute Gasteiger partial charge is 0.331 e. The maximum absolute atomic E-state index is 11.6. The lowest BCUT2D eigenvalue weighted by molar-refractivity contribution is -0.137. The molecule has 0 N–H and O–H groups in total. The van der Waals surface area contributed by atoms with Crippen LogP contribution in [0, 0.1) is 11.8 Å². The first-order valence-electron chi connectivity index (χ1n) is 7.03. The van der Waals surface area contributed by atoms with Gasteiger partial charge in [0, 0.05) is 12.0 Å². The normalized spacial score (nSPS) is 31.9. The Bertz CT molecular complexity index is 418. The summed E-state index contributed by atoms with van der Waals surface area (Å²) < 4.78 is 10.5. The highest BCUT2D eigenvalue weighted by atomic mass is 16.5. The number of carbonyl (C=O) groups excluding carboxylic acids is 1. The molecule has 0 radical (unpaired) electrons. The molecule has 2 atom stereocenters. The second-order valence-corrected chi connectivity index (χ2v) is 5.21. The van der Waals surface area contributed by atoms with E-state index in [2.05, 4.69) is 25.2 Å². The van der Waals surface area contributed by atoms with E-state index in [1.165, 1.54) is 5.57 Å². The van der Waals surface area contributed by atoms with Crippen molar-refractivity contribution in [2.45, 2.75) is 26.7 Å². The van der Waals surface area contributed by atoms with Crippen LogP contribution in [0.5, 0.6) is 0 Å². The molecule has 19 heavy (non-hydrogen) atoms. The molecule has 0 aromatic heterocycles. The minimum Gasteiger partial charge on any atom is -0.463 e. The molecular weight excluding hydrogens is 240 g/mol. The van der Waals surface area contributed by atoms with Crippen molar-refractivity contribution in [1.29, 1.82) is 0 Å². The molecule has 3 nitrogen and oxygen atoms in total. The van der Waals surface area contributed by atoms with Gasteiger partial charge in [-0.15, -0.1) is 0 Å². The van der Waals surface area contributed by atoms with Crippen molar-refractivity contribution < 1.29 is 14.3 Å². The van der Waals surface area contributed by atoms with Gasteiger partial charge in [-0.3, -0.25) is 0 Å². The van der Waals surface area contributed by atoms with Crippen molar-refractivity contribution in [1.82, 2.24) is 0 Å². The number of hydrogen-bond donors (Lipinski definition) is 0. The third-order valence-electron chi connectivity index (χ3n) is 3.56. The molecule has 104 valence electrons. The van der Waals surface area contributed by atoms with Gasteiger partial charge in [0.05, 0.1) is 19.8 Å². The molecule has 0 spiro atoms. The first-order chi connectivity index (χ1) is 9.19. The molecule has 3 heteroatoms. The van der Waals surface area contributed by atoms with Crippen LogP contribution >= 0.6 is 0 Å². The molecule has 2 aliphatic rings. The highest BCUT2D eigenvalue weighted by molar-refractivity contribution is 5.83. The molecule has 0 saturated carbocycles. The second kappa shape index (κ2) is 6.71. The van der Waals surface area contributed by atoms with Crippen molar-refractivity contribution in [2.75, 3.05) is 19.8 Å². The van der Waals surface area contributed by atoms with Gasteiger partial charge in [0.2, 0.25) is 0 Å². The zero-order valence-electron chi connectivity index (χ0n) is 11.7. The minimum absolute atomic E-state index is 0.246. The predicted molar refractivity (Wildman–Crippen MR) is 74.6 cm³/mol. The summed E-state index contributed by atoms with van der Waals surface area (Å²) >= 11 is 0. The Labute approximate surface area is 115 Å². The average Bonchev–Trinajstić information content (AvgIpc) is 2.81. The number of rotatable bonds is 2. The van der Waals surface area contributed by atoms with Crippen LogP contribution in [0.15, 0.2) is 35.5 Å². The number of esters is 1.